The molecule has 0 aromatic heterocycles. The van der Waals surface area contributed by atoms with Crippen molar-refractivity contribution in [3.05, 3.63) is 54.6 Å². The van der Waals surface area contributed by atoms with Gasteiger partial charge in [-0.3, -0.25) is 0 Å². The molecule has 0 amide bonds. The fourth-order valence-corrected chi connectivity index (χ4v) is 1.40. The Morgan fingerprint density at radius 3 is 2.56 bits per heavy atom. The third-order valence-electron chi connectivity index (χ3n) is 2.39. The quantitative estimate of drug-likeness (QED) is 0.562. The van der Waals surface area contributed by atoms with Crippen molar-refractivity contribution in [3.8, 4) is 5.75 Å². The van der Waals surface area contributed by atoms with Gasteiger partial charge in [0, 0.05) is 0 Å². The van der Waals surface area contributed by atoms with Crippen LogP contribution in [0.3, 0.4) is 0 Å². The zero-order valence-electron chi connectivity index (χ0n) is 10.3. The third kappa shape index (κ3) is 5.34. The highest BCUT2D eigenvalue weighted by Gasteiger charge is 2.01. The topological polar surface area (TPSA) is 46.5 Å². The van der Waals surface area contributed by atoms with E-state index in [2.05, 4.69) is 12.7 Å². The Kier molecular flexibility index (Phi) is 6.33. The number of benzene rings is 1. The van der Waals surface area contributed by atoms with Gasteiger partial charge in [-0.1, -0.05) is 18.2 Å². The molecule has 1 aromatic rings. The first-order valence-electron chi connectivity index (χ1n) is 5.96. The van der Waals surface area contributed by atoms with Crippen LogP contribution in [0.1, 0.15) is 29.6 Å². The molecule has 0 spiro atoms. The van der Waals surface area contributed by atoms with E-state index in [1.165, 1.54) is 12.1 Å². The molecule has 1 aromatic carbocycles. The number of carboxylic acids is 1. The van der Waals surface area contributed by atoms with Crippen molar-refractivity contribution in [2.24, 2.45) is 0 Å². The van der Waals surface area contributed by atoms with Crippen LogP contribution in [-0.2, 0) is 0 Å². The van der Waals surface area contributed by atoms with Gasteiger partial charge in [0.2, 0.25) is 0 Å². The van der Waals surface area contributed by atoms with E-state index in [1.54, 1.807) is 12.1 Å². The molecule has 1 rings (SSSR count). The first-order valence-corrected chi connectivity index (χ1v) is 5.96. The summed E-state index contributed by atoms with van der Waals surface area (Å²) in [6.07, 6.45) is 9.11. The number of hydrogen-bond acceptors (Lipinski definition) is 2. The van der Waals surface area contributed by atoms with Crippen LogP contribution in [0.5, 0.6) is 5.75 Å². The SMILES string of the molecule is C=CCCC/C=C/COc1ccc(C(=O)O)cc1. The van der Waals surface area contributed by atoms with Crippen LogP contribution in [0.2, 0.25) is 0 Å². The van der Waals surface area contributed by atoms with Crippen molar-refractivity contribution in [1.29, 1.82) is 0 Å². The van der Waals surface area contributed by atoms with E-state index in [9.17, 15) is 4.79 Å². The van der Waals surface area contributed by atoms with E-state index in [-0.39, 0.29) is 5.56 Å². The number of rotatable bonds is 8. The van der Waals surface area contributed by atoms with Crippen LogP contribution in [0.15, 0.2) is 49.1 Å². The van der Waals surface area contributed by atoms with Crippen molar-refractivity contribution in [2.45, 2.75) is 19.3 Å². The molecule has 0 bridgehead atoms. The molecule has 0 saturated carbocycles. The molecule has 18 heavy (non-hydrogen) atoms. The van der Waals surface area contributed by atoms with Crippen LogP contribution in [-0.4, -0.2) is 17.7 Å². The van der Waals surface area contributed by atoms with Gasteiger partial charge in [0.25, 0.3) is 0 Å². The van der Waals surface area contributed by atoms with Gasteiger partial charge in [-0.15, -0.1) is 6.58 Å². The number of carbonyl (C=O) groups is 1. The first kappa shape index (κ1) is 14.0. The Labute approximate surface area is 107 Å². The predicted octanol–water partition coefficient (Wildman–Crippen LogP) is 3.68. The largest absolute Gasteiger partial charge is 0.490 e. The molecule has 0 aliphatic carbocycles. The van der Waals surface area contributed by atoms with E-state index in [1.807, 2.05) is 12.2 Å². The van der Waals surface area contributed by atoms with Crippen molar-refractivity contribution in [1.82, 2.24) is 0 Å². The zero-order chi connectivity index (χ0) is 13.2. The van der Waals surface area contributed by atoms with Gasteiger partial charge in [-0.25, -0.2) is 4.79 Å². The van der Waals surface area contributed by atoms with Crippen LogP contribution >= 0.6 is 0 Å². The minimum Gasteiger partial charge on any atom is -0.490 e. The number of unbranched alkanes of at least 4 members (excludes halogenated alkanes) is 2. The van der Waals surface area contributed by atoms with E-state index >= 15 is 0 Å². The lowest BCUT2D eigenvalue weighted by atomic mass is 10.2. The molecular formula is C15H18O3. The molecule has 96 valence electrons. The summed E-state index contributed by atoms with van der Waals surface area (Å²) in [6, 6.07) is 6.39. The Balaban J connectivity index is 2.26. The molecule has 3 nitrogen and oxygen atoms in total. The number of carboxylic acid groups (broad SMARTS) is 1. The normalized spacial score (nSPS) is 10.4. The summed E-state index contributed by atoms with van der Waals surface area (Å²) in [5, 5.41) is 8.73. The van der Waals surface area contributed by atoms with E-state index in [0.29, 0.717) is 12.4 Å². The molecule has 1 N–H and O–H groups in total. The molecule has 0 atom stereocenters. The molecule has 0 radical (unpaired) electrons. The van der Waals surface area contributed by atoms with Crippen molar-refractivity contribution < 1.29 is 14.6 Å². The second kappa shape index (κ2) is 8.12. The number of aromatic carboxylic acids is 1. The second-order valence-corrected chi connectivity index (χ2v) is 3.83. The lowest BCUT2D eigenvalue weighted by molar-refractivity contribution is 0.0697. The molecular weight excluding hydrogens is 228 g/mol. The fourth-order valence-electron chi connectivity index (χ4n) is 1.40. The van der Waals surface area contributed by atoms with E-state index in [4.69, 9.17) is 9.84 Å². The molecule has 0 aliphatic heterocycles. The van der Waals surface area contributed by atoms with Gasteiger partial charge < -0.3 is 9.84 Å². The fraction of sp³-hybridized carbons (Fsp3) is 0.267. The summed E-state index contributed by atoms with van der Waals surface area (Å²) < 4.78 is 5.45. The molecule has 0 unspecified atom stereocenters. The van der Waals surface area contributed by atoms with Crippen LogP contribution < -0.4 is 4.74 Å². The molecule has 0 fully saturated rings. The summed E-state index contributed by atoms with van der Waals surface area (Å²) in [5.74, 6) is -0.251. The summed E-state index contributed by atoms with van der Waals surface area (Å²) >= 11 is 0. The highest BCUT2D eigenvalue weighted by molar-refractivity contribution is 5.87. The monoisotopic (exact) mass is 246 g/mol. The Bertz CT molecular complexity index is 404. The summed E-state index contributed by atoms with van der Waals surface area (Å²) in [6.45, 7) is 4.16. The van der Waals surface area contributed by atoms with E-state index in [0.717, 1.165) is 19.3 Å². The number of ether oxygens (including phenoxy) is 1. The molecule has 0 aliphatic rings. The highest BCUT2D eigenvalue weighted by atomic mass is 16.5. The molecule has 0 heterocycles. The van der Waals surface area contributed by atoms with Crippen LogP contribution in [0.4, 0.5) is 0 Å². The van der Waals surface area contributed by atoms with Gasteiger partial charge in [-0.2, -0.15) is 0 Å². The molecule has 0 saturated heterocycles. The average Bonchev–Trinajstić information content (AvgIpc) is 2.38. The summed E-state index contributed by atoms with van der Waals surface area (Å²) in [7, 11) is 0. The first-order chi connectivity index (χ1) is 8.74. The molecule has 3 heteroatoms. The maximum atomic E-state index is 10.6. The Hall–Kier alpha value is -2.03. The maximum Gasteiger partial charge on any atom is 0.335 e. The summed E-state index contributed by atoms with van der Waals surface area (Å²) in [4.78, 5) is 10.6. The predicted molar refractivity (Wildman–Crippen MR) is 72.1 cm³/mol. The summed E-state index contributed by atoms with van der Waals surface area (Å²) in [5.41, 5.74) is 0.266. The minimum absolute atomic E-state index is 0.266. The zero-order valence-corrected chi connectivity index (χ0v) is 10.3. The lowest BCUT2D eigenvalue weighted by Gasteiger charge is -2.03. The Morgan fingerprint density at radius 1 is 1.22 bits per heavy atom. The van der Waals surface area contributed by atoms with Gasteiger partial charge >= 0.3 is 5.97 Å². The number of allylic oxidation sites excluding steroid dienone is 2. The smallest absolute Gasteiger partial charge is 0.335 e. The van der Waals surface area contributed by atoms with Gasteiger partial charge in [0.05, 0.1) is 5.56 Å². The Morgan fingerprint density at radius 2 is 1.94 bits per heavy atom. The van der Waals surface area contributed by atoms with Crippen molar-refractivity contribution >= 4 is 5.97 Å². The maximum absolute atomic E-state index is 10.6. The van der Waals surface area contributed by atoms with Crippen LogP contribution in [0.25, 0.3) is 0 Å². The van der Waals surface area contributed by atoms with Gasteiger partial charge in [0.15, 0.2) is 0 Å². The van der Waals surface area contributed by atoms with Crippen molar-refractivity contribution in [2.75, 3.05) is 6.61 Å². The minimum atomic E-state index is -0.927. The average molecular weight is 246 g/mol. The van der Waals surface area contributed by atoms with E-state index < -0.39 is 5.97 Å². The highest BCUT2D eigenvalue weighted by Crippen LogP contribution is 2.12. The van der Waals surface area contributed by atoms with Crippen molar-refractivity contribution in [3.63, 3.8) is 0 Å². The lowest BCUT2D eigenvalue weighted by Crippen LogP contribution is -1.97. The van der Waals surface area contributed by atoms with Crippen LogP contribution in [0, 0.1) is 0 Å². The van der Waals surface area contributed by atoms with Gasteiger partial charge in [0.1, 0.15) is 12.4 Å². The van der Waals surface area contributed by atoms with Gasteiger partial charge in [-0.05, 0) is 43.5 Å². The number of hydrogen-bond donors (Lipinski definition) is 1. The second-order valence-electron chi connectivity index (χ2n) is 3.83. The standard InChI is InChI=1S/C15H18O3/c1-2-3-4-5-6-7-12-18-14-10-8-13(9-11-14)15(16)17/h2,6-11H,1,3-5,12H2,(H,16,17)/b7-6+. The third-order valence-corrected chi connectivity index (χ3v) is 2.39.